The van der Waals surface area contributed by atoms with Crippen molar-refractivity contribution in [1.29, 1.82) is 0 Å². The molecule has 34 heavy (non-hydrogen) atoms. The Labute approximate surface area is 202 Å². The summed E-state index contributed by atoms with van der Waals surface area (Å²) in [5.74, 6) is 0.620. The van der Waals surface area contributed by atoms with E-state index in [1.165, 1.54) is 0 Å². The number of benzene rings is 1. The first-order valence-electron chi connectivity index (χ1n) is 12.8. The molecule has 186 valence electrons. The number of rotatable bonds is 6. The van der Waals surface area contributed by atoms with E-state index in [0.717, 1.165) is 31.4 Å². The normalized spacial score (nSPS) is 19.6. The number of amides is 3. The zero-order valence-electron chi connectivity index (χ0n) is 20.6. The Balaban J connectivity index is 1.51. The molecule has 4 rings (SSSR count). The van der Waals surface area contributed by atoms with Crippen LogP contribution in [0.2, 0.25) is 0 Å². The molecule has 2 heterocycles. The highest BCUT2D eigenvalue weighted by molar-refractivity contribution is 6.02. The van der Waals surface area contributed by atoms with Gasteiger partial charge in [-0.2, -0.15) is 0 Å². The molecule has 1 aromatic rings. The second kappa shape index (κ2) is 11.2. The van der Waals surface area contributed by atoms with Gasteiger partial charge in [-0.3, -0.25) is 14.4 Å². The quantitative estimate of drug-likeness (QED) is 0.691. The highest BCUT2D eigenvalue weighted by atomic mass is 16.5. The smallest absolute Gasteiger partial charge is 0.256 e. The van der Waals surface area contributed by atoms with Crippen molar-refractivity contribution in [1.82, 2.24) is 9.80 Å². The summed E-state index contributed by atoms with van der Waals surface area (Å²) >= 11 is 0. The molecule has 8 heteroatoms. The molecular weight excluding hydrogens is 432 g/mol. The van der Waals surface area contributed by atoms with Crippen molar-refractivity contribution < 1.29 is 19.1 Å². The molecule has 8 nitrogen and oxygen atoms in total. The van der Waals surface area contributed by atoms with E-state index in [4.69, 9.17) is 4.74 Å². The standard InChI is InChI=1S/C26H38N4O4/c1-19(2)17-24(31)29-11-9-28(10-12-29)23-8-7-21(27-25(32)20-5-3-4-6-20)18-22(23)26(33)30-13-15-34-16-14-30/h7-8,18-20H,3-6,9-17H2,1-2H3,(H,27,32). The van der Waals surface area contributed by atoms with Crippen LogP contribution in [0.15, 0.2) is 18.2 Å². The van der Waals surface area contributed by atoms with Gasteiger partial charge in [-0.15, -0.1) is 0 Å². The maximum atomic E-state index is 13.5. The van der Waals surface area contributed by atoms with Gasteiger partial charge < -0.3 is 24.8 Å². The van der Waals surface area contributed by atoms with Crippen molar-refractivity contribution >= 4 is 29.1 Å². The van der Waals surface area contributed by atoms with Gasteiger partial charge in [-0.1, -0.05) is 26.7 Å². The van der Waals surface area contributed by atoms with Crippen molar-refractivity contribution in [3.05, 3.63) is 23.8 Å². The predicted molar refractivity (Wildman–Crippen MR) is 132 cm³/mol. The number of anilines is 2. The minimum atomic E-state index is -0.0337. The van der Waals surface area contributed by atoms with Crippen LogP contribution in [-0.2, 0) is 14.3 Å². The maximum Gasteiger partial charge on any atom is 0.256 e. The highest BCUT2D eigenvalue weighted by Crippen LogP contribution is 2.30. The van der Waals surface area contributed by atoms with Gasteiger partial charge in [0.2, 0.25) is 11.8 Å². The fourth-order valence-electron chi connectivity index (χ4n) is 5.11. The summed E-state index contributed by atoms with van der Waals surface area (Å²) in [7, 11) is 0. The van der Waals surface area contributed by atoms with Gasteiger partial charge in [0, 0.05) is 63.0 Å². The van der Waals surface area contributed by atoms with Crippen LogP contribution in [0.3, 0.4) is 0 Å². The Hall–Kier alpha value is -2.61. The third-order valence-electron chi connectivity index (χ3n) is 7.07. The molecule has 2 aliphatic heterocycles. The van der Waals surface area contributed by atoms with Gasteiger partial charge in [-0.25, -0.2) is 0 Å². The second-order valence-corrected chi connectivity index (χ2v) is 10.1. The van der Waals surface area contributed by atoms with E-state index >= 15 is 0 Å². The van der Waals surface area contributed by atoms with Crippen LogP contribution in [0, 0.1) is 11.8 Å². The number of nitrogens with zero attached hydrogens (tertiary/aromatic N) is 3. The van der Waals surface area contributed by atoms with E-state index in [1.807, 2.05) is 28.0 Å². The molecule has 3 amide bonds. The molecule has 0 atom stereocenters. The van der Waals surface area contributed by atoms with Gasteiger partial charge in [0.15, 0.2) is 0 Å². The van der Waals surface area contributed by atoms with Crippen LogP contribution < -0.4 is 10.2 Å². The van der Waals surface area contributed by atoms with Crippen molar-refractivity contribution in [2.24, 2.45) is 11.8 Å². The van der Waals surface area contributed by atoms with Gasteiger partial charge >= 0.3 is 0 Å². The third-order valence-corrected chi connectivity index (χ3v) is 7.07. The summed E-state index contributed by atoms with van der Waals surface area (Å²) in [6, 6.07) is 5.67. The molecule has 1 saturated carbocycles. The molecule has 0 radical (unpaired) electrons. The number of morpholine rings is 1. The first kappa shape index (κ1) is 24.5. The van der Waals surface area contributed by atoms with Crippen LogP contribution >= 0.6 is 0 Å². The van der Waals surface area contributed by atoms with Crippen molar-refractivity contribution in [2.75, 3.05) is 62.7 Å². The van der Waals surface area contributed by atoms with Crippen LogP contribution in [0.4, 0.5) is 11.4 Å². The lowest BCUT2D eigenvalue weighted by atomic mass is 10.1. The number of carbonyl (C=O) groups is 3. The SMILES string of the molecule is CC(C)CC(=O)N1CCN(c2ccc(NC(=O)C3CCCC3)cc2C(=O)N2CCOCC2)CC1. The van der Waals surface area contributed by atoms with Crippen LogP contribution in [0.5, 0.6) is 0 Å². The lowest BCUT2D eigenvalue weighted by Gasteiger charge is -2.38. The zero-order valence-corrected chi connectivity index (χ0v) is 20.6. The molecule has 0 unspecified atom stereocenters. The molecule has 3 fully saturated rings. The zero-order chi connectivity index (χ0) is 24.1. The minimum absolute atomic E-state index is 0.0337. The Morgan fingerprint density at radius 2 is 1.65 bits per heavy atom. The van der Waals surface area contributed by atoms with E-state index in [2.05, 4.69) is 24.1 Å². The summed E-state index contributed by atoms with van der Waals surface area (Å²) < 4.78 is 5.43. The first-order valence-corrected chi connectivity index (χ1v) is 12.8. The fraction of sp³-hybridized carbons (Fsp3) is 0.654. The molecule has 2 saturated heterocycles. The average Bonchev–Trinajstić information content (AvgIpc) is 3.39. The van der Waals surface area contributed by atoms with Crippen molar-refractivity contribution in [3.63, 3.8) is 0 Å². The van der Waals surface area contributed by atoms with Gasteiger partial charge in [-0.05, 0) is 37.0 Å². The Kier molecular flexibility index (Phi) is 8.08. The van der Waals surface area contributed by atoms with Gasteiger partial charge in [0.1, 0.15) is 0 Å². The van der Waals surface area contributed by atoms with Gasteiger partial charge in [0.25, 0.3) is 5.91 Å². The van der Waals surface area contributed by atoms with Gasteiger partial charge in [0.05, 0.1) is 18.8 Å². The van der Waals surface area contributed by atoms with Crippen molar-refractivity contribution in [3.8, 4) is 0 Å². The Morgan fingerprint density at radius 1 is 0.971 bits per heavy atom. The third kappa shape index (κ3) is 5.90. The fourth-order valence-corrected chi connectivity index (χ4v) is 5.11. The van der Waals surface area contributed by atoms with E-state index in [1.54, 1.807) is 0 Å². The number of carbonyl (C=O) groups excluding carboxylic acids is 3. The molecule has 1 N–H and O–H groups in total. The summed E-state index contributed by atoms with van der Waals surface area (Å²) in [4.78, 5) is 44.6. The summed E-state index contributed by atoms with van der Waals surface area (Å²) in [6.07, 6.45) is 4.63. The van der Waals surface area contributed by atoms with Crippen molar-refractivity contribution in [2.45, 2.75) is 46.0 Å². The number of hydrogen-bond acceptors (Lipinski definition) is 5. The van der Waals surface area contributed by atoms with E-state index in [9.17, 15) is 14.4 Å². The summed E-state index contributed by atoms with van der Waals surface area (Å²) in [5, 5.41) is 3.05. The molecule has 0 aromatic heterocycles. The van der Waals surface area contributed by atoms with Crippen LogP contribution in [0.25, 0.3) is 0 Å². The number of piperazine rings is 1. The molecule has 0 spiro atoms. The van der Waals surface area contributed by atoms with E-state index in [-0.39, 0.29) is 23.6 Å². The molecule has 0 bridgehead atoms. The number of hydrogen-bond donors (Lipinski definition) is 1. The Morgan fingerprint density at radius 3 is 2.29 bits per heavy atom. The second-order valence-electron chi connectivity index (χ2n) is 10.1. The molecule has 1 aliphatic carbocycles. The number of ether oxygens (including phenoxy) is 1. The lowest BCUT2D eigenvalue weighted by Crippen LogP contribution is -2.49. The van der Waals surface area contributed by atoms with E-state index < -0.39 is 0 Å². The predicted octanol–water partition coefficient (Wildman–Crippen LogP) is 2.98. The van der Waals surface area contributed by atoms with E-state index in [0.29, 0.717) is 76.1 Å². The monoisotopic (exact) mass is 470 g/mol. The summed E-state index contributed by atoms with van der Waals surface area (Å²) in [5.41, 5.74) is 2.14. The molecule has 3 aliphatic rings. The maximum absolute atomic E-state index is 13.5. The lowest BCUT2D eigenvalue weighted by molar-refractivity contribution is -0.132. The highest BCUT2D eigenvalue weighted by Gasteiger charge is 2.28. The molecule has 1 aromatic carbocycles. The summed E-state index contributed by atoms with van der Waals surface area (Å²) in [6.45, 7) is 8.99. The first-order chi connectivity index (χ1) is 16.4. The van der Waals surface area contributed by atoms with Crippen LogP contribution in [-0.4, -0.2) is 80.0 Å². The Bertz CT molecular complexity index is 883. The molecular formula is C26H38N4O4. The average molecular weight is 471 g/mol. The topological polar surface area (TPSA) is 82.2 Å². The van der Waals surface area contributed by atoms with Crippen LogP contribution in [0.1, 0.15) is 56.3 Å². The number of nitrogens with one attached hydrogen (secondary N) is 1. The largest absolute Gasteiger partial charge is 0.378 e. The minimum Gasteiger partial charge on any atom is -0.378 e.